The van der Waals surface area contributed by atoms with E-state index < -0.39 is 17.6 Å². The molecule has 0 aliphatic carbocycles. The number of nitrogens with one attached hydrogen (secondary N) is 2. The van der Waals surface area contributed by atoms with E-state index in [-0.39, 0.29) is 25.4 Å². The lowest BCUT2D eigenvalue weighted by Gasteiger charge is -2.10. The normalized spacial score (nSPS) is 10.0. The van der Waals surface area contributed by atoms with Gasteiger partial charge in [-0.05, 0) is 24.3 Å². The van der Waals surface area contributed by atoms with Gasteiger partial charge in [0, 0.05) is 11.6 Å². The minimum atomic E-state index is -0.468. The van der Waals surface area contributed by atoms with Crippen LogP contribution in [0.4, 0.5) is 4.39 Å². The standard InChI is InChI=1S/C19H21FN2O5/c1-25-14-9-13(10-15(11-14)26-2)19(24)22-12-18(23)21-7-8-27-17-6-4-3-5-16(17)20/h3-6,9-11H,7-8,12H2,1-2H3,(H,21,23)(H,22,24). The molecule has 0 saturated carbocycles. The first kappa shape index (κ1) is 20.0. The molecule has 2 N–H and O–H groups in total. The number of halogens is 1. The number of hydrogen-bond donors (Lipinski definition) is 2. The Labute approximate surface area is 156 Å². The number of ether oxygens (including phenoxy) is 3. The minimum absolute atomic E-state index is 0.105. The topological polar surface area (TPSA) is 85.9 Å². The van der Waals surface area contributed by atoms with Crippen LogP contribution in [-0.2, 0) is 4.79 Å². The summed E-state index contributed by atoms with van der Waals surface area (Å²) in [6.07, 6.45) is 0. The molecular weight excluding hydrogens is 355 g/mol. The van der Waals surface area contributed by atoms with Crippen LogP contribution in [0, 0.1) is 5.82 Å². The van der Waals surface area contributed by atoms with Gasteiger partial charge >= 0.3 is 0 Å². The molecule has 27 heavy (non-hydrogen) atoms. The van der Waals surface area contributed by atoms with Gasteiger partial charge in [0.15, 0.2) is 11.6 Å². The number of methoxy groups -OCH3 is 2. The third kappa shape index (κ3) is 6.18. The monoisotopic (exact) mass is 376 g/mol. The molecule has 0 bridgehead atoms. The van der Waals surface area contributed by atoms with E-state index >= 15 is 0 Å². The summed E-state index contributed by atoms with van der Waals surface area (Å²) in [5.74, 6) is -0.249. The minimum Gasteiger partial charge on any atom is -0.497 e. The van der Waals surface area contributed by atoms with Crippen LogP contribution in [0.15, 0.2) is 42.5 Å². The second-order valence-electron chi connectivity index (χ2n) is 5.41. The van der Waals surface area contributed by atoms with Crippen molar-refractivity contribution >= 4 is 11.8 Å². The molecule has 0 aliphatic heterocycles. The second kappa shape index (κ2) is 10.0. The fraction of sp³-hybridized carbons (Fsp3) is 0.263. The van der Waals surface area contributed by atoms with Crippen LogP contribution < -0.4 is 24.8 Å². The zero-order valence-electron chi connectivity index (χ0n) is 15.1. The third-order valence-corrected chi connectivity index (χ3v) is 3.54. The predicted molar refractivity (Wildman–Crippen MR) is 96.8 cm³/mol. The van der Waals surface area contributed by atoms with Gasteiger partial charge in [0.25, 0.3) is 5.91 Å². The van der Waals surface area contributed by atoms with E-state index in [0.717, 1.165) is 0 Å². The summed E-state index contributed by atoms with van der Waals surface area (Å²) in [7, 11) is 2.96. The summed E-state index contributed by atoms with van der Waals surface area (Å²) >= 11 is 0. The molecule has 144 valence electrons. The van der Waals surface area contributed by atoms with Gasteiger partial charge in [0.1, 0.15) is 18.1 Å². The Morgan fingerprint density at radius 3 is 2.30 bits per heavy atom. The smallest absolute Gasteiger partial charge is 0.251 e. The summed E-state index contributed by atoms with van der Waals surface area (Å²) in [5.41, 5.74) is 0.307. The number of hydrogen-bond acceptors (Lipinski definition) is 5. The maximum Gasteiger partial charge on any atom is 0.251 e. The predicted octanol–water partition coefficient (Wildman–Crippen LogP) is 1.77. The van der Waals surface area contributed by atoms with Crippen molar-refractivity contribution in [3.8, 4) is 17.2 Å². The number of carbonyl (C=O) groups is 2. The molecule has 2 amide bonds. The van der Waals surface area contributed by atoms with Gasteiger partial charge < -0.3 is 24.8 Å². The van der Waals surface area contributed by atoms with Crippen molar-refractivity contribution in [1.29, 1.82) is 0 Å². The fourth-order valence-electron chi connectivity index (χ4n) is 2.18. The Kier molecular flexibility index (Phi) is 7.42. The summed E-state index contributed by atoms with van der Waals surface area (Å²) in [4.78, 5) is 24.0. The van der Waals surface area contributed by atoms with Crippen LogP contribution in [-0.4, -0.2) is 45.7 Å². The quantitative estimate of drug-likeness (QED) is 0.652. The van der Waals surface area contributed by atoms with Crippen LogP contribution in [0.5, 0.6) is 17.2 Å². The zero-order valence-corrected chi connectivity index (χ0v) is 15.1. The highest BCUT2D eigenvalue weighted by Gasteiger charge is 2.11. The second-order valence-corrected chi connectivity index (χ2v) is 5.41. The Hall–Kier alpha value is -3.29. The van der Waals surface area contributed by atoms with Crippen molar-refractivity contribution in [3.63, 3.8) is 0 Å². The number of amides is 2. The van der Waals surface area contributed by atoms with Crippen molar-refractivity contribution in [2.45, 2.75) is 0 Å². The van der Waals surface area contributed by atoms with Crippen LogP contribution in [0.3, 0.4) is 0 Å². The van der Waals surface area contributed by atoms with Crippen LogP contribution in [0.1, 0.15) is 10.4 Å². The van der Waals surface area contributed by atoms with E-state index in [1.807, 2.05) is 0 Å². The largest absolute Gasteiger partial charge is 0.497 e. The van der Waals surface area contributed by atoms with Gasteiger partial charge in [-0.2, -0.15) is 0 Å². The number of benzene rings is 2. The van der Waals surface area contributed by atoms with Crippen molar-refractivity contribution in [2.24, 2.45) is 0 Å². The Morgan fingerprint density at radius 2 is 1.67 bits per heavy atom. The molecule has 2 aromatic rings. The molecule has 0 radical (unpaired) electrons. The SMILES string of the molecule is COc1cc(OC)cc(C(=O)NCC(=O)NCCOc2ccccc2F)c1. The Morgan fingerprint density at radius 1 is 1.00 bits per heavy atom. The molecule has 0 saturated heterocycles. The van der Waals surface area contributed by atoms with Crippen molar-refractivity contribution in [2.75, 3.05) is 33.9 Å². The fourth-order valence-corrected chi connectivity index (χ4v) is 2.18. The average molecular weight is 376 g/mol. The number of rotatable bonds is 9. The van der Waals surface area contributed by atoms with E-state index in [2.05, 4.69) is 10.6 Å². The van der Waals surface area contributed by atoms with E-state index in [0.29, 0.717) is 17.1 Å². The highest BCUT2D eigenvalue weighted by atomic mass is 19.1. The molecule has 0 heterocycles. The van der Waals surface area contributed by atoms with Gasteiger partial charge in [0.2, 0.25) is 5.91 Å². The number of para-hydroxylation sites is 1. The van der Waals surface area contributed by atoms with Gasteiger partial charge in [0.05, 0.1) is 27.3 Å². The zero-order chi connectivity index (χ0) is 19.6. The van der Waals surface area contributed by atoms with Crippen LogP contribution in [0.25, 0.3) is 0 Å². The molecule has 0 aromatic heterocycles. The lowest BCUT2D eigenvalue weighted by atomic mass is 10.2. The summed E-state index contributed by atoms with van der Waals surface area (Å²) in [5, 5.41) is 5.08. The maximum absolute atomic E-state index is 13.4. The first-order chi connectivity index (χ1) is 13.0. The molecule has 2 rings (SSSR count). The maximum atomic E-state index is 13.4. The lowest BCUT2D eigenvalue weighted by molar-refractivity contribution is -0.120. The van der Waals surface area contributed by atoms with E-state index in [9.17, 15) is 14.0 Å². The molecule has 0 aliphatic rings. The Balaban J connectivity index is 1.75. The van der Waals surface area contributed by atoms with Crippen molar-refractivity contribution in [3.05, 3.63) is 53.8 Å². The van der Waals surface area contributed by atoms with Crippen molar-refractivity contribution < 1.29 is 28.2 Å². The molecule has 0 unspecified atom stereocenters. The summed E-state index contributed by atoms with van der Waals surface area (Å²) in [6, 6.07) is 10.7. The van der Waals surface area contributed by atoms with E-state index in [4.69, 9.17) is 14.2 Å². The molecule has 8 heteroatoms. The molecular formula is C19H21FN2O5. The highest BCUT2D eigenvalue weighted by Crippen LogP contribution is 2.22. The van der Waals surface area contributed by atoms with Gasteiger partial charge in [-0.15, -0.1) is 0 Å². The Bertz CT molecular complexity index is 775. The van der Waals surface area contributed by atoms with Gasteiger partial charge in [-0.1, -0.05) is 12.1 Å². The van der Waals surface area contributed by atoms with E-state index in [1.165, 1.54) is 38.5 Å². The lowest BCUT2D eigenvalue weighted by Crippen LogP contribution is -2.38. The number of carbonyl (C=O) groups excluding carboxylic acids is 2. The van der Waals surface area contributed by atoms with Crippen LogP contribution >= 0.6 is 0 Å². The van der Waals surface area contributed by atoms with Crippen molar-refractivity contribution in [1.82, 2.24) is 10.6 Å². The van der Waals surface area contributed by atoms with Gasteiger partial charge in [-0.3, -0.25) is 9.59 Å². The first-order valence-electron chi connectivity index (χ1n) is 8.18. The molecule has 0 spiro atoms. The van der Waals surface area contributed by atoms with Crippen LogP contribution in [0.2, 0.25) is 0 Å². The summed E-state index contributed by atoms with van der Waals surface area (Å²) in [6.45, 7) is 0.0712. The van der Waals surface area contributed by atoms with E-state index in [1.54, 1.807) is 18.2 Å². The highest BCUT2D eigenvalue weighted by molar-refractivity contribution is 5.97. The third-order valence-electron chi connectivity index (χ3n) is 3.54. The molecule has 2 aromatic carbocycles. The first-order valence-corrected chi connectivity index (χ1v) is 8.18. The summed E-state index contributed by atoms with van der Waals surface area (Å²) < 4.78 is 28.8. The molecule has 7 nitrogen and oxygen atoms in total. The van der Waals surface area contributed by atoms with Gasteiger partial charge in [-0.25, -0.2) is 4.39 Å². The molecule has 0 atom stereocenters. The average Bonchev–Trinajstić information content (AvgIpc) is 2.70. The molecule has 0 fully saturated rings.